The number of amides is 1. The van der Waals surface area contributed by atoms with Crippen LogP contribution in [0.4, 0.5) is 5.69 Å². The van der Waals surface area contributed by atoms with Crippen LogP contribution in [0.2, 0.25) is 0 Å². The highest BCUT2D eigenvalue weighted by atomic mass is 16.1. The molecule has 2 aliphatic rings. The van der Waals surface area contributed by atoms with Crippen LogP contribution in [0.3, 0.4) is 0 Å². The van der Waals surface area contributed by atoms with E-state index in [1.54, 1.807) is 7.05 Å². The second-order valence-electron chi connectivity index (χ2n) is 6.18. The Bertz CT molecular complexity index is 499. The third-order valence-electron chi connectivity index (χ3n) is 4.53. The molecule has 0 bridgehead atoms. The van der Waals surface area contributed by atoms with E-state index < -0.39 is 0 Å². The molecule has 4 nitrogen and oxygen atoms in total. The van der Waals surface area contributed by atoms with Gasteiger partial charge >= 0.3 is 0 Å². The zero-order chi connectivity index (χ0) is 14.7. The van der Waals surface area contributed by atoms with Crippen LogP contribution in [-0.2, 0) is 11.3 Å². The van der Waals surface area contributed by atoms with Crippen molar-refractivity contribution in [3.05, 3.63) is 29.8 Å². The first-order valence-corrected chi connectivity index (χ1v) is 8.05. The van der Waals surface area contributed by atoms with Crippen molar-refractivity contribution in [1.29, 1.82) is 0 Å². The van der Waals surface area contributed by atoms with Gasteiger partial charge in [0.1, 0.15) is 0 Å². The van der Waals surface area contributed by atoms with E-state index in [9.17, 15) is 4.79 Å². The summed E-state index contributed by atoms with van der Waals surface area (Å²) in [5.74, 6) is 0.293. The Hall–Kier alpha value is -1.55. The molecule has 21 heavy (non-hydrogen) atoms. The summed E-state index contributed by atoms with van der Waals surface area (Å²) in [6.45, 7) is 2.82. The van der Waals surface area contributed by atoms with Gasteiger partial charge in [-0.15, -0.1) is 0 Å². The lowest BCUT2D eigenvalue weighted by Crippen LogP contribution is -2.42. The highest BCUT2D eigenvalue weighted by Gasteiger charge is 2.26. The van der Waals surface area contributed by atoms with Gasteiger partial charge in [0.05, 0.1) is 5.92 Å². The van der Waals surface area contributed by atoms with E-state index in [1.807, 2.05) is 0 Å². The molecule has 0 aromatic heterocycles. The maximum absolute atomic E-state index is 11.9. The normalized spacial score (nSPS) is 22.1. The van der Waals surface area contributed by atoms with Crippen LogP contribution >= 0.6 is 0 Å². The Morgan fingerprint density at radius 1 is 1.29 bits per heavy atom. The van der Waals surface area contributed by atoms with Crippen LogP contribution in [0.1, 0.15) is 31.2 Å². The molecule has 2 fully saturated rings. The molecule has 1 aliphatic heterocycles. The summed E-state index contributed by atoms with van der Waals surface area (Å²) in [5, 5.41) is 6.38. The second-order valence-corrected chi connectivity index (χ2v) is 6.18. The molecule has 1 aromatic rings. The highest BCUT2D eigenvalue weighted by Crippen LogP contribution is 2.27. The predicted molar refractivity (Wildman–Crippen MR) is 85.3 cm³/mol. The summed E-state index contributed by atoms with van der Waals surface area (Å²) in [5.41, 5.74) is 2.64. The molecular formula is C17H25N3O. The molecule has 0 radical (unpaired) electrons. The van der Waals surface area contributed by atoms with E-state index in [-0.39, 0.29) is 11.8 Å². The van der Waals surface area contributed by atoms with Crippen molar-refractivity contribution in [3.8, 4) is 0 Å². The molecule has 2 N–H and O–H groups in total. The summed E-state index contributed by atoms with van der Waals surface area (Å²) in [7, 11) is 1.73. The van der Waals surface area contributed by atoms with Gasteiger partial charge in [0.25, 0.3) is 0 Å². The topological polar surface area (TPSA) is 44.4 Å². The lowest BCUT2D eigenvalue weighted by molar-refractivity contribution is -0.124. The average Bonchev–Trinajstić information content (AvgIpc) is 3.37. The second kappa shape index (κ2) is 6.48. The molecule has 1 saturated heterocycles. The zero-order valence-electron chi connectivity index (χ0n) is 12.8. The zero-order valence-corrected chi connectivity index (χ0v) is 12.8. The standard InChI is InChI=1S/C17H25N3O/c1-18-17(21)14-6-4-10-20(12-14)16-7-3-2-5-13(16)11-19-15-8-9-15/h2-3,5,7,14-15,19H,4,6,8-12H2,1H3,(H,18,21). The molecule has 4 heteroatoms. The molecule has 0 spiro atoms. The average molecular weight is 287 g/mol. The van der Waals surface area contributed by atoms with Crippen molar-refractivity contribution in [2.75, 3.05) is 25.0 Å². The van der Waals surface area contributed by atoms with Gasteiger partial charge in [-0.25, -0.2) is 0 Å². The number of nitrogens with zero attached hydrogens (tertiary/aromatic N) is 1. The molecule has 1 saturated carbocycles. The molecule has 1 heterocycles. The first-order chi connectivity index (χ1) is 10.3. The number of anilines is 1. The van der Waals surface area contributed by atoms with Crippen molar-refractivity contribution < 1.29 is 4.79 Å². The van der Waals surface area contributed by atoms with Gasteiger partial charge in [0.15, 0.2) is 0 Å². The molecular weight excluding hydrogens is 262 g/mol. The molecule has 1 aliphatic carbocycles. The van der Waals surface area contributed by atoms with Crippen LogP contribution < -0.4 is 15.5 Å². The van der Waals surface area contributed by atoms with Crippen LogP contribution in [0.5, 0.6) is 0 Å². The Morgan fingerprint density at radius 3 is 2.86 bits per heavy atom. The van der Waals surface area contributed by atoms with Crippen LogP contribution in [0, 0.1) is 5.92 Å². The van der Waals surface area contributed by atoms with Gasteiger partial charge in [0, 0.05) is 38.4 Å². The first-order valence-electron chi connectivity index (χ1n) is 8.05. The quantitative estimate of drug-likeness (QED) is 0.869. The minimum Gasteiger partial charge on any atom is -0.370 e. The summed E-state index contributed by atoms with van der Waals surface area (Å²) in [4.78, 5) is 14.3. The lowest BCUT2D eigenvalue weighted by atomic mass is 9.96. The highest BCUT2D eigenvalue weighted by molar-refractivity contribution is 5.79. The summed E-state index contributed by atoms with van der Waals surface area (Å²) in [6.07, 6.45) is 4.70. The minimum absolute atomic E-state index is 0.119. The molecule has 1 amide bonds. The van der Waals surface area contributed by atoms with E-state index in [4.69, 9.17) is 0 Å². The van der Waals surface area contributed by atoms with E-state index in [0.717, 1.165) is 38.5 Å². The van der Waals surface area contributed by atoms with Crippen molar-refractivity contribution in [1.82, 2.24) is 10.6 Å². The molecule has 1 unspecified atom stereocenters. The predicted octanol–water partition coefficient (Wildman–Crippen LogP) is 1.90. The SMILES string of the molecule is CNC(=O)C1CCCN(c2ccccc2CNC2CC2)C1. The van der Waals surface area contributed by atoms with Gasteiger partial charge in [0.2, 0.25) is 5.91 Å². The maximum Gasteiger partial charge on any atom is 0.224 e. The Kier molecular flexibility index (Phi) is 4.44. The van der Waals surface area contributed by atoms with Crippen LogP contribution in [-0.4, -0.2) is 32.1 Å². The van der Waals surface area contributed by atoms with Gasteiger partial charge in [-0.2, -0.15) is 0 Å². The minimum atomic E-state index is 0.119. The number of hydrogen-bond donors (Lipinski definition) is 2. The molecule has 1 aromatic carbocycles. The van der Waals surface area contributed by atoms with Crippen LogP contribution in [0.15, 0.2) is 24.3 Å². The Balaban J connectivity index is 1.70. The number of benzene rings is 1. The number of carbonyl (C=O) groups is 1. The third-order valence-corrected chi connectivity index (χ3v) is 4.53. The lowest BCUT2D eigenvalue weighted by Gasteiger charge is -2.34. The number of piperidine rings is 1. The first kappa shape index (κ1) is 14.4. The van der Waals surface area contributed by atoms with Gasteiger partial charge in [-0.1, -0.05) is 18.2 Å². The van der Waals surface area contributed by atoms with Gasteiger partial charge in [-0.05, 0) is 37.3 Å². The van der Waals surface area contributed by atoms with Gasteiger partial charge < -0.3 is 15.5 Å². The smallest absolute Gasteiger partial charge is 0.224 e. The van der Waals surface area contributed by atoms with E-state index in [1.165, 1.54) is 24.1 Å². The van der Waals surface area contributed by atoms with Gasteiger partial charge in [-0.3, -0.25) is 4.79 Å². The van der Waals surface area contributed by atoms with Crippen LogP contribution in [0.25, 0.3) is 0 Å². The largest absolute Gasteiger partial charge is 0.370 e. The molecule has 3 rings (SSSR count). The number of rotatable bonds is 5. The van der Waals surface area contributed by atoms with E-state index in [2.05, 4.69) is 39.8 Å². The van der Waals surface area contributed by atoms with Crippen molar-refractivity contribution >= 4 is 11.6 Å². The third kappa shape index (κ3) is 3.56. The summed E-state index contributed by atoms with van der Waals surface area (Å²) < 4.78 is 0. The monoisotopic (exact) mass is 287 g/mol. The fourth-order valence-corrected chi connectivity index (χ4v) is 3.12. The molecule has 114 valence electrons. The molecule has 1 atom stereocenters. The fourth-order valence-electron chi connectivity index (χ4n) is 3.12. The Labute approximate surface area is 126 Å². The number of nitrogens with one attached hydrogen (secondary N) is 2. The summed E-state index contributed by atoms with van der Waals surface area (Å²) >= 11 is 0. The van der Waals surface area contributed by atoms with Crippen molar-refractivity contribution in [2.45, 2.75) is 38.3 Å². The number of hydrogen-bond acceptors (Lipinski definition) is 3. The number of carbonyl (C=O) groups excluding carboxylic acids is 1. The van der Waals surface area contributed by atoms with Crippen molar-refractivity contribution in [2.24, 2.45) is 5.92 Å². The maximum atomic E-state index is 11.9. The van der Waals surface area contributed by atoms with E-state index >= 15 is 0 Å². The van der Waals surface area contributed by atoms with Crippen molar-refractivity contribution in [3.63, 3.8) is 0 Å². The Morgan fingerprint density at radius 2 is 2.10 bits per heavy atom. The van der Waals surface area contributed by atoms with E-state index in [0.29, 0.717) is 0 Å². The number of para-hydroxylation sites is 1. The fraction of sp³-hybridized carbons (Fsp3) is 0.588. The summed E-state index contributed by atoms with van der Waals surface area (Å²) in [6, 6.07) is 9.32.